The van der Waals surface area contributed by atoms with E-state index in [2.05, 4.69) is 20.4 Å². The smallest absolute Gasteiger partial charge is 0.343 e. The van der Waals surface area contributed by atoms with Gasteiger partial charge >= 0.3 is 5.97 Å². The van der Waals surface area contributed by atoms with E-state index in [4.69, 9.17) is 9.47 Å². The normalized spacial score (nSPS) is 9.93. The van der Waals surface area contributed by atoms with Gasteiger partial charge in [0.15, 0.2) is 18.1 Å². The fourth-order valence-electron chi connectivity index (χ4n) is 2.18. The van der Waals surface area contributed by atoms with Gasteiger partial charge < -0.3 is 24.8 Å². The molecule has 9 heteroatoms. The first-order valence-corrected chi connectivity index (χ1v) is 8.39. The zero-order chi connectivity index (χ0) is 20.4. The largest absolute Gasteiger partial charge is 0.493 e. The fraction of sp³-hybridized carbons (Fsp3) is 0.263. The molecule has 0 saturated carbocycles. The van der Waals surface area contributed by atoms with Gasteiger partial charge in [-0.2, -0.15) is 0 Å². The number of carbonyl (C=O) groups excluding carboxylic acids is 3. The lowest BCUT2D eigenvalue weighted by atomic mass is 10.2. The highest BCUT2D eigenvalue weighted by atomic mass is 16.6. The van der Waals surface area contributed by atoms with Gasteiger partial charge in [0, 0.05) is 24.7 Å². The van der Waals surface area contributed by atoms with E-state index in [1.165, 1.54) is 38.6 Å². The molecule has 0 aliphatic heterocycles. The minimum atomic E-state index is -0.534. The SMILES string of the molecule is COC(=O)COc1ccc(C(=O)NCCC(=O)Nc2cccnc2)cc1OC. The summed E-state index contributed by atoms with van der Waals surface area (Å²) in [5, 5.41) is 5.34. The van der Waals surface area contributed by atoms with Crippen LogP contribution in [0.15, 0.2) is 42.7 Å². The first-order chi connectivity index (χ1) is 13.5. The van der Waals surface area contributed by atoms with Gasteiger partial charge in [-0.3, -0.25) is 14.6 Å². The van der Waals surface area contributed by atoms with Crippen molar-refractivity contribution in [3.63, 3.8) is 0 Å². The van der Waals surface area contributed by atoms with Gasteiger partial charge in [0.2, 0.25) is 5.91 Å². The molecule has 2 N–H and O–H groups in total. The first kappa shape index (κ1) is 20.7. The van der Waals surface area contributed by atoms with E-state index in [-0.39, 0.29) is 31.4 Å². The molecule has 1 aromatic heterocycles. The molecule has 0 unspecified atom stereocenters. The van der Waals surface area contributed by atoms with Crippen LogP contribution in [-0.2, 0) is 14.3 Å². The van der Waals surface area contributed by atoms with Crippen LogP contribution in [0, 0.1) is 0 Å². The second kappa shape index (κ2) is 10.5. The van der Waals surface area contributed by atoms with Crippen molar-refractivity contribution in [1.29, 1.82) is 0 Å². The molecule has 2 aromatic rings. The Kier molecular flexibility index (Phi) is 7.77. The predicted molar refractivity (Wildman–Crippen MR) is 100 cm³/mol. The zero-order valence-electron chi connectivity index (χ0n) is 15.6. The van der Waals surface area contributed by atoms with Crippen molar-refractivity contribution in [2.75, 3.05) is 32.7 Å². The Balaban J connectivity index is 1.86. The van der Waals surface area contributed by atoms with E-state index >= 15 is 0 Å². The number of hydrogen-bond acceptors (Lipinski definition) is 7. The number of pyridine rings is 1. The number of amides is 2. The highest BCUT2D eigenvalue weighted by molar-refractivity contribution is 5.95. The highest BCUT2D eigenvalue weighted by Gasteiger charge is 2.13. The van der Waals surface area contributed by atoms with Crippen LogP contribution in [-0.4, -0.2) is 50.1 Å². The quantitative estimate of drug-likeness (QED) is 0.625. The summed E-state index contributed by atoms with van der Waals surface area (Å²) in [7, 11) is 2.68. The molecular weight excluding hydrogens is 366 g/mol. The summed E-state index contributed by atoms with van der Waals surface area (Å²) in [5.41, 5.74) is 0.918. The third kappa shape index (κ3) is 6.27. The monoisotopic (exact) mass is 387 g/mol. The summed E-state index contributed by atoms with van der Waals surface area (Å²) in [6, 6.07) is 7.96. The van der Waals surface area contributed by atoms with Crippen molar-refractivity contribution in [1.82, 2.24) is 10.3 Å². The van der Waals surface area contributed by atoms with Gasteiger partial charge in [-0.25, -0.2) is 4.79 Å². The average molecular weight is 387 g/mol. The molecule has 148 valence electrons. The molecule has 2 rings (SSSR count). The average Bonchev–Trinajstić information content (AvgIpc) is 2.72. The second-order valence-electron chi connectivity index (χ2n) is 5.53. The topological polar surface area (TPSA) is 116 Å². The molecule has 0 aliphatic rings. The van der Waals surface area contributed by atoms with Crippen molar-refractivity contribution in [2.24, 2.45) is 0 Å². The Morgan fingerprint density at radius 3 is 2.61 bits per heavy atom. The third-order valence-corrected chi connectivity index (χ3v) is 3.58. The molecular formula is C19H21N3O6. The van der Waals surface area contributed by atoms with Gasteiger partial charge in [0.1, 0.15) is 0 Å². The predicted octanol–water partition coefficient (Wildman–Crippen LogP) is 1.40. The highest BCUT2D eigenvalue weighted by Crippen LogP contribution is 2.28. The van der Waals surface area contributed by atoms with Crippen LogP contribution < -0.4 is 20.1 Å². The Labute approximate surface area is 162 Å². The fourth-order valence-corrected chi connectivity index (χ4v) is 2.18. The number of ether oxygens (including phenoxy) is 3. The first-order valence-electron chi connectivity index (χ1n) is 8.39. The lowest BCUT2D eigenvalue weighted by Gasteiger charge is -2.12. The number of benzene rings is 1. The lowest BCUT2D eigenvalue weighted by molar-refractivity contribution is -0.142. The van der Waals surface area contributed by atoms with E-state index in [0.29, 0.717) is 22.7 Å². The van der Waals surface area contributed by atoms with Crippen LogP contribution in [0.25, 0.3) is 0 Å². The molecule has 0 fully saturated rings. The number of esters is 1. The van der Waals surface area contributed by atoms with Gasteiger partial charge in [-0.05, 0) is 30.3 Å². The number of hydrogen-bond donors (Lipinski definition) is 2. The number of nitrogens with zero attached hydrogens (tertiary/aromatic N) is 1. The number of methoxy groups -OCH3 is 2. The lowest BCUT2D eigenvalue weighted by Crippen LogP contribution is -2.27. The third-order valence-electron chi connectivity index (χ3n) is 3.58. The van der Waals surface area contributed by atoms with Gasteiger partial charge in [-0.15, -0.1) is 0 Å². The van der Waals surface area contributed by atoms with Crippen LogP contribution in [0.2, 0.25) is 0 Å². The van der Waals surface area contributed by atoms with E-state index in [9.17, 15) is 14.4 Å². The molecule has 0 saturated heterocycles. The number of aromatic nitrogens is 1. The number of anilines is 1. The molecule has 2 amide bonds. The second-order valence-corrected chi connectivity index (χ2v) is 5.53. The number of nitrogens with one attached hydrogen (secondary N) is 2. The molecule has 0 bridgehead atoms. The molecule has 0 spiro atoms. The molecule has 28 heavy (non-hydrogen) atoms. The van der Waals surface area contributed by atoms with Gasteiger partial charge in [0.25, 0.3) is 5.91 Å². The maximum absolute atomic E-state index is 12.3. The van der Waals surface area contributed by atoms with E-state index in [1.54, 1.807) is 18.3 Å². The minimum Gasteiger partial charge on any atom is -0.493 e. The summed E-state index contributed by atoms with van der Waals surface area (Å²) in [6.45, 7) is -0.113. The Hall–Kier alpha value is -3.62. The standard InChI is InChI=1S/C19H21N3O6/c1-26-16-10-13(5-6-15(16)28-12-18(24)27-2)19(25)21-9-7-17(23)22-14-4-3-8-20-11-14/h3-6,8,10-11H,7,9,12H2,1-2H3,(H,21,25)(H,22,23). The van der Waals surface area contributed by atoms with Crippen molar-refractivity contribution >= 4 is 23.5 Å². The summed E-state index contributed by atoms with van der Waals surface area (Å²) in [5.74, 6) is -0.538. The summed E-state index contributed by atoms with van der Waals surface area (Å²) in [4.78, 5) is 39.2. The molecule has 9 nitrogen and oxygen atoms in total. The molecule has 0 aliphatic carbocycles. The summed E-state index contributed by atoms with van der Waals surface area (Å²) in [6.07, 6.45) is 3.25. The molecule has 1 aromatic carbocycles. The molecule has 0 atom stereocenters. The molecule has 1 heterocycles. The minimum absolute atomic E-state index is 0.109. The van der Waals surface area contributed by atoms with Gasteiger partial charge in [-0.1, -0.05) is 0 Å². The Morgan fingerprint density at radius 1 is 1.11 bits per heavy atom. The van der Waals surface area contributed by atoms with Gasteiger partial charge in [0.05, 0.1) is 26.1 Å². The van der Waals surface area contributed by atoms with Crippen LogP contribution in [0.1, 0.15) is 16.8 Å². The van der Waals surface area contributed by atoms with E-state index in [0.717, 1.165) is 0 Å². The van der Waals surface area contributed by atoms with Crippen molar-refractivity contribution in [3.05, 3.63) is 48.3 Å². The van der Waals surface area contributed by atoms with Crippen molar-refractivity contribution in [2.45, 2.75) is 6.42 Å². The van der Waals surface area contributed by atoms with Crippen LogP contribution in [0.4, 0.5) is 5.69 Å². The zero-order valence-corrected chi connectivity index (χ0v) is 15.6. The van der Waals surface area contributed by atoms with Crippen LogP contribution in [0.3, 0.4) is 0 Å². The maximum Gasteiger partial charge on any atom is 0.343 e. The van der Waals surface area contributed by atoms with Crippen molar-refractivity contribution in [3.8, 4) is 11.5 Å². The van der Waals surface area contributed by atoms with Crippen molar-refractivity contribution < 1.29 is 28.6 Å². The summed E-state index contributed by atoms with van der Waals surface area (Å²) >= 11 is 0. The number of rotatable bonds is 9. The maximum atomic E-state index is 12.3. The van der Waals surface area contributed by atoms with Crippen LogP contribution >= 0.6 is 0 Å². The van der Waals surface area contributed by atoms with E-state index < -0.39 is 5.97 Å². The Morgan fingerprint density at radius 2 is 1.93 bits per heavy atom. The Bertz CT molecular complexity index is 826. The number of carbonyl (C=O) groups is 3. The summed E-state index contributed by atoms with van der Waals surface area (Å²) < 4.78 is 15.0. The van der Waals surface area contributed by atoms with E-state index in [1.807, 2.05) is 0 Å². The molecule has 0 radical (unpaired) electrons. The van der Waals surface area contributed by atoms with Crippen LogP contribution in [0.5, 0.6) is 11.5 Å².